The Morgan fingerprint density at radius 1 is 1.09 bits per heavy atom. The van der Waals surface area contributed by atoms with Crippen molar-refractivity contribution in [2.75, 3.05) is 4.90 Å². The SMILES string of the molecule is O=C1NC(C(F)(F)F)(C(F)(F)F)N=C2Sc3ccccc3N12. The Hall–Kier alpha value is -1.91. The Morgan fingerprint density at radius 2 is 1.68 bits per heavy atom. The molecule has 11 heteroatoms. The Balaban J connectivity index is 2.18. The maximum Gasteiger partial charge on any atom is 0.441 e. The number of hydrogen-bond acceptors (Lipinski definition) is 3. The number of amides is 2. The van der Waals surface area contributed by atoms with E-state index in [1.165, 1.54) is 18.2 Å². The van der Waals surface area contributed by atoms with Crippen molar-refractivity contribution in [2.24, 2.45) is 4.99 Å². The van der Waals surface area contributed by atoms with Gasteiger partial charge in [-0.25, -0.2) is 14.7 Å². The molecule has 22 heavy (non-hydrogen) atoms. The molecule has 0 aromatic heterocycles. The molecule has 2 aliphatic heterocycles. The van der Waals surface area contributed by atoms with Gasteiger partial charge in [0, 0.05) is 4.90 Å². The van der Waals surface area contributed by atoms with Gasteiger partial charge in [-0.05, 0) is 23.9 Å². The number of nitrogens with one attached hydrogen (secondary N) is 1. The Morgan fingerprint density at radius 3 is 2.27 bits per heavy atom. The van der Waals surface area contributed by atoms with Crippen LogP contribution in [0.1, 0.15) is 0 Å². The lowest BCUT2D eigenvalue weighted by molar-refractivity contribution is -0.301. The number of nitrogens with zero attached hydrogens (tertiary/aromatic N) is 2. The van der Waals surface area contributed by atoms with Gasteiger partial charge in [0.05, 0.1) is 5.69 Å². The molecule has 2 amide bonds. The first-order chi connectivity index (χ1) is 10.1. The molecule has 0 saturated heterocycles. The minimum Gasteiger partial charge on any atom is -0.297 e. The summed E-state index contributed by atoms with van der Waals surface area (Å²) in [6, 6.07) is 4.39. The fourth-order valence-electron chi connectivity index (χ4n) is 2.06. The maximum atomic E-state index is 13.0. The van der Waals surface area contributed by atoms with Crippen LogP contribution >= 0.6 is 11.8 Å². The number of para-hydroxylation sites is 1. The van der Waals surface area contributed by atoms with Gasteiger partial charge >= 0.3 is 24.0 Å². The third-order valence-electron chi connectivity index (χ3n) is 3.07. The first-order valence-corrected chi connectivity index (χ1v) is 6.51. The zero-order valence-electron chi connectivity index (χ0n) is 10.3. The molecule has 0 fully saturated rings. The number of fused-ring (bicyclic) bond motifs is 3. The number of anilines is 1. The second-order valence-electron chi connectivity index (χ2n) is 4.44. The molecule has 0 bridgehead atoms. The summed E-state index contributed by atoms with van der Waals surface area (Å²) in [5.74, 6) is 0. The molecule has 1 N–H and O–H groups in total. The number of carbonyl (C=O) groups is 1. The quantitative estimate of drug-likeness (QED) is 0.734. The van der Waals surface area contributed by atoms with E-state index in [9.17, 15) is 31.1 Å². The molecular formula is C11H5F6N3OS. The van der Waals surface area contributed by atoms with Crippen molar-refractivity contribution in [3.63, 3.8) is 0 Å². The van der Waals surface area contributed by atoms with Gasteiger partial charge in [0.25, 0.3) is 0 Å². The van der Waals surface area contributed by atoms with E-state index in [0.717, 1.165) is 5.32 Å². The summed E-state index contributed by atoms with van der Waals surface area (Å²) >= 11 is 0.573. The van der Waals surface area contributed by atoms with Crippen molar-refractivity contribution in [1.82, 2.24) is 5.32 Å². The van der Waals surface area contributed by atoms with Crippen molar-refractivity contribution in [3.05, 3.63) is 24.3 Å². The lowest BCUT2D eigenvalue weighted by Crippen LogP contribution is -2.71. The van der Waals surface area contributed by atoms with Crippen molar-refractivity contribution >= 4 is 28.6 Å². The van der Waals surface area contributed by atoms with E-state index in [1.807, 2.05) is 0 Å². The molecule has 0 aliphatic carbocycles. The summed E-state index contributed by atoms with van der Waals surface area (Å²) in [6.45, 7) is 0. The van der Waals surface area contributed by atoms with E-state index in [0.29, 0.717) is 21.6 Å². The van der Waals surface area contributed by atoms with Crippen LogP contribution < -0.4 is 10.2 Å². The lowest BCUT2D eigenvalue weighted by Gasteiger charge is -2.39. The normalized spacial score (nSPS) is 20.2. The third kappa shape index (κ3) is 1.87. The van der Waals surface area contributed by atoms with Crippen molar-refractivity contribution in [1.29, 1.82) is 0 Å². The summed E-state index contributed by atoms with van der Waals surface area (Å²) in [5, 5.41) is 0.291. The predicted octanol–water partition coefficient (Wildman–Crippen LogP) is 3.50. The monoisotopic (exact) mass is 341 g/mol. The molecule has 0 spiro atoms. The first-order valence-electron chi connectivity index (χ1n) is 5.69. The zero-order valence-corrected chi connectivity index (χ0v) is 11.1. The van der Waals surface area contributed by atoms with Crippen LogP contribution in [0.3, 0.4) is 0 Å². The number of aliphatic imine (C=N–C) groups is 1. The average Bonchev–Trinajstić information content (AvgIpc) is 2.74. The molecule has 0 radical (unpaired) electrons. The second kappa shape index (κ2) is 4.31. The second-order valence-corrected chi connectivity index (χ2v) is 5.44. The minimum absolute atomic E-state index is 0.182. The predicted molar refractivity (Wildman–Crippen MR) is 65.6 cm³/mol. The van der Waals surface area contributed by atoms with E-state index in [2.05, 4.69) is 4.99 Å². The molecule has 1 aromatic rings. The Bertz CT molecular complexity index is 669. The number of amidine groups is 1. The smallest absolute Gasteiger partial charge is 0.297 e. The van der Waals surface area contributed by atoms with E-state index in [1.54, 1.807) is 6.07 Å². The number of carbonyl (C=O) groups excluding carboxylic acids is 1. The number of hydrogen-bond donors (Lipinski definition) is 1. The van der Waals surface area contributed by atoms with Crippen molar-refractivity contribution in [3.8, 4) is 0 Å². The third-order valence-corrected chi connectivity index (χ3v) is 4.10. The van der Waals surface area contributed by atoms with E-state index in [4.69, 9.17) is 0 Å². The van der Waals surface area contributed by atoms with Crippen LogP contribution in [0.15, 0.2) is 34.2 Å². The van der Waals surface area contributed by atoms with Gasteiger partial charge in [0.2, 0.25) is 0 Å². The molecule has 1 aromatic carbocycles. The fraction of sp³-hybridized carbons (Fsp3) is 0.273. The number of halogens is 6. The van der Waals surface area contributed by atoms with Gasteiger partial charge in [0.1, 0.15) is 0 Å². The molecule has 0 unspecified atom stereocenters. The molecule has 2 aliphatic rings. The molecule has 4 nitrogen and oxygen atoms in total. The van der Waals surface area contributed by atoms with Crippen LogP contribution in [0, 0.1) is 0 Å². The van der Waals surface area contributed by atoms with E-state index in [-0.39, 0.29) is 5.69 Å². The average molecular weight is 341 g/mol. The first kappa shape index (κ1) is 15.0. The molecule has 118 valence electrons. The summed E-state index contributed by atoms with van der Waals surface area (Å²) in [4.78, 5) is 15.7. The van der Waals surface area contributed by atoms with Gasteiger partial charge in [-0.15, -0.1) is 0 Å². The van der Waals surface area contributed by atoms with Crippen LogP contribution in [0.5, 0.6) is 0 Å². The molecular weight excluding hydrogens is 336 g/mol. The summed E-state index contributed by atoms with van der Waals surface area (Å²) in [5.41, 5.74) is -4.46. The largest absolute Gasteiger partial charge is 0.441 e. The Labute approximate surface area is 123 Å². The van der Waals surface area contributed by atoms with Crippen molar-refractivity contribution in [2.45, 2.75) is 22.9 Å². The van der Waals surface area contributed by atoms with E-state index < -0.39 is 29.2 Å². The van der Waals surface area contributed by atoms with Gasteiger partial charge in [0.15, 0.2) is 5.17 Å². The Kier molecular flexibility index (Phi) is 2.94. The van der Waals surface area contributed by atoms with E-state index >= 15 is 0 Å². The van der Waals surface area contributed by atoms with Gasteiger partial charge < -0.3 is 0 Å². The standard InChI is InChI=1S/C11H5F6N3OS/c12-10(13,14)9(11(15,16)17)18-7(21)20-5-3-1-2-4-6(5)22-8(20)19-9/h1-4H,(H,18,21). The zero-order chi connectivity index (χ0) is 16.3. The van der Waals surface area contributed by atoms with Crippen molar-refractivity contribution < 1.29 is 31.1 Å². The maximum absolute atomic E-state index is 13.0. The molecule has 0 atom stereocenters. The highest BCUT2D eigenvalue weighted by Crippen LogP contribution is 2.49. The van der Waals surface area contributed by atoms with Crippen LogP contribution in [0.2, 0.25) is 0 Å². The van der Waals surface area contributed by atoms with Crippen LogP contribution in [-0.2, 0) is 0 Å². The molecule has 3 rings (SSSR count). The van der Waals surface area contributed by atoms with Crippen LogP contribution in [0.25, 0.3) is 0 Å². The van der Waals surface area contributed by atoms with Gasteiger partial charge in [-0.3, -0.25) is 5.32 Å². The van der Waals surface area contributed by atoms with Crippen LogP contribution in [-0.4, -0.2) is 29.2 Å². The summed E-state index contributed by atoms with van der Waals surface area (Å²) in [6.07, 6.45) is -11.6. The lowest BCUT2D eigenvalue weighted by atomic mass is 10.1. The molecule has 0 saturated carbocycles. The number of thioether (sulfide) groups is 1. The summed E-state index contributed by atoms with van der Waals surface area (Å²) < 4.78 is 77.9. The highest BCUT2D eigenvalue weighted by atomic mass is 32.2. The highest BCUT2D eigenvalue weighted by Gasteiger charge is 2.74. The number of benzene rings is 1. The van der Waals surface area contributed by atoms with Gasteiger partial charge in [-0.2, -0.15) is 26.3 Å². The van der Waals surface area contributed by atoms with Crippen LogP contribution in [0.4, 0.5) is 36.8 Å². The fourth-order valence-corrected chi connectivity index (χ4v) is 3.12. The number of urea groups is 1. The molecule has 2 heterocycles. The topological polar surface area (TPSA) is 44.7 Å². The number of alkyl halides is 6. The minimum atomic E-state index is -5.82. The highest BCUT2D eigenvalue weighted by molar-refractivity contribution is 8.15. The summed E-state index contributed by atoms with van der Waals surface area (Å²) in [7, 11) is 0. The van der Waals surface area contributed by atoms with Gasteiger partial charge in [-0.1, -0.05) is 12.1 Å². The number of rotatable bonds is 0.